The molecule has 0 spiro atoms. The second kappa shape index (κ2) is 12.5. The molecule has 0 aliphatic carbocycles. The number of nitrogens with zero attached hydrogens (tertiary/aromatic N) is 1. The molecule has 5 nitrogen and oxygen atoms in total. The Morgan fingerprint density at radius 3 is 2.62 bits per heavy atom. The molecule has 0 radical (unpaired) electrons. The van der Waals surface area contributed by atoms with Gasteiger partial charge in [-0.3, -0.25) is 4.99 Å². The third-order valence-corrected chi connectivity index (χ3v) is 4.74. The van der Waals surface area contributed by atoms with Crippen molar-refractivity contribution in [3.8, 4) is 0 Å². The molecular weight excluding hydrogens is 302 g/mol. The van der Waals surface area contributed by atoms with Crippen LogP contribution in [0.4, 0.5) is 0 Å². The third-order valence-electron chi connectivity index (χ3n) is 4.74. The number of hydrogen-bond acceptors (Lipinski definition) is 3. The molecule has 0 bridgehead atoms. The van der Waals surface area contributed by atoms with Gasteiger partial charge in [-0.1, -0.05) is 39.5 Å². The van der Waals surface area contributed by atoms with Gasteiger partial charge in [0.2, 0.25) is 0 Å². The number of ether oxygens (including phenoxy) is 1. The Hall–Kier alpha value is -0.810. The van der Waals surface area contributed by atoms with Crippen molar-refractivity contribution in [2.75, 3.05) is 39.5 Å². The van der Waals surface area contributed by atoms with Gasteiger partial charge in [0.15, 0.2) is 5.96 Å². The maximum absolute atomic E-state index is 9.30. The summed E-state index contributed by atoms with van der Waals surface area (Å²) in [7, 11) is 0. The van der Waals surface area contributed by atoms with Gasteiger partial charge in [-0.05, 0) is 32.1 Å². The summed E-state index contributed by atoms with van der Waals surface area (Å²) in [6.45, 7) is 10.9. The van der Waals surface area contributed by atoms with Gasteiger partial charge in [0.25, 0.3) is 0 Å². The van der Waals surface area contributed by atoms with Crippen molar-refractivity contribution in [3.63, 3.8) is 0 Å². The lowest BCUT2D eigenvalue weighted by Crippen LogP contribution is -2.39. The Labute approximate surface area is 148 Å². The van der Waals surface area contributed by atoms with Gasteiger partial charge < -0.3 is 20.5 Å². The summed E-state index contributed by atoms with van der Waals surface area (Å²) in [5.74, 6) is 1.71. The lowest BCUT2D eigenvalue weighted by atomic mass is 9.84. The minimum atomic E-state index is 0.0218. The number of nitrogens with one attached hydrogen (secondary N) is 2. The summed E-state index contributed by atoms with van der Waals surface area (Å²) < 4.78 is 5.54. The summed E-state index contributed by atoms with van der Waals surface area (Å²) in [5, 5.41) is 16.1. The topological polar surface area (TPSA) is 65.9 Å². The van der Waals surface area contributed by atoms with Crippen LogP contribution in [0.15, 0.2) is 4.99 Å². The van der Waals surface area contributed by atoms with Crippen LogP contribution in [0.5, 0.6) is 0 Å². The summed E-state index contributed by atoms with van der Waals surface area (Å²) >= 11 is 0. The second-order valence-corrected chi connectivity index (χ2v) is 7.49. The molecule has 1 rings (SSSR count). The zero-order valence-electron chi connectivity index (χ0n) is 16.1. The van der Waals surface area contributed by atoms with E-state index in [1.807, 2.05) is 0 Å². The van der Waals surface area contributed by atoms with E-state index in [0.717, 1.165) is 51.0 Å². The van der Waals surface area contributed by atoms with Crippen molar-refractivity contribution in [1.82, 2.24) is 10.6 Å². The smallest absolute Gasteiger partial charge is 0.191 e. The first-order valence-corrected chi connectivity index (χ1v) is 9.82. The van der Waals surface area contributed by atoms with Crippen LogP contribution in [-0.2, 0) is 4.74 Å². The highest BCUT2D eigenvalue weighted by atomic mass is 16.5. The van der Waals surface area contributed by atoms with E-state index in [1.54, 1.807) is 0 Å². The van der Waals surface area contributed by atoms with Crippen molar-refractivity contribution in [2.24, 2.45) is 16.3 Å². The molecule has 0 aromatic heterocycles. The van der Waals surface area contributed by atoms with Crippen molar-refractivity contribution >= 4 is 5.96 Å². The van der Waals surface area contributed by atoms with E-state index >= 15 is 0 Å². The third kappa shape index (κ3) is 8.88. The number of guanidine groups is 1. The highest BCUT2D eigenvalue weighted by Gasteiger charge is 2.34. The Bertz CT molecular complexity index is 340. The normalized spacial score (nSPS) is 21.5. The van der Waals surface area contributed by atoms with Gasteiger partial charge >= 0.3 is 0 Å². The van der Waals surface area contributed by atoms with Crippen molar-refractivity contribution in [3.05, 3.63) is 0 Å². The van der Waals surface area contributed by atoms with Gasteiger partial charge in [-0.2, -0.15) is 0 Å². The zero-order valence-corrected chi connectivity index (χ0v) is 16.1. The fraction of sp³-hybridized carbons (Fsp3) is 0.947. The van der Waals surface area contributed by atoms with Crippen LogP contribution >= 0.6 is 0 Å². The Morgan fingerprint density at radius 2 is 2.00 bits per heavy atom. The van der Waals surface area contributed by atoms with E-state index in [9.17, 15) is 5.11 Å². The number of aliphatic hydroxyl groups is 1. The van der Waals surface area contributed by atoms with Gasteiger partial charge in [0, 0.05) is 31.7 Å². The van der Waals surface area contributed by atoms with Crippen LogP contribution in [0, 0.1) is 11.3 Å². The fourth-order valence-electron chi connectivity index (χ4n) is 3.11. The lowest BCUT2D eigenvalue weighted by molar-refractivity contribution is 0.131. The number of aliphatic imine (C=N–C) groups is 1. The predicted octanol–water partition coefficient (Wildman–Crippen LogP) is 2.94. The fourth-order valence-corrected chi connectivity index (χ4v) is 3.11. The van der Waals surface area contributed by atoms with E-state index < -0.39 is 0 Å². The molecule has 3 N–H and O–H groups in total. The molecule has 0 saturated carbocycles. The van der Waals surface area contributed by atoms with Crippen molar-refractivity contribution < 1.29 is 9.84 Å². The highest BCUT2D eigenvalue weighted by Crippen LogP contribution is 2.32. The molecule has 1 heterocycles. The summed E-state index contributed by atoms with van der Waals surface area (Å²) in [6, 6.07) is 0. The van der Waals surface area contributed by atoms with Gasteiger partial charge in [-0.15, -0.1) is 0 Å². The molecule has 1 saturated heterocycles. The number of unbranched alkanes of at least 4 members (excludes halogenated alkanes) is 3. The molecule has 1 aliphatic heterocycles. The minimum Gasteiger partial charge on any atom is -0.396 e. The van der Waals surface area contributed by atoms with Crippen LogP contribution in [0.1, 0.15) is 65.7 Å². The van der Waals surface area contributed by atoms with Gasteiger partial charge in [0.1, 0.15) is 0 Å². The first kappa shape index (κ1) is 21.2. The van der Waals surface area contributed by atoms with Crippen molar-refractivity contribution in [1.29, 1.82) is 0 Å². The molecular formula is C19H39N3O2. The van der Waals surface area contributed by atoms with Crippen molar-refractivity contribution in [2.45, 2.75) is 65.7 Å². The van der Waals surface area contributed by atoms with Crippen LogP contribution in [0.25, 0.3) is 0 Å². The zero-order chi connectivity index (χ0) is 17.7. The van der Waals surface area contributed by atoms with E-state index in [0.29, 0.717) is 6.61 Å². The molecule has 24 heavy (non-hydrogen) atoms. The molecule has 0 aromatic carbocycles. The standard InChI is InChI=1S/C19H39N3O2/c1-4-20-18(21-12-8-6-5-7-9-17(2)3)22-15-19(10-13-23)11-14-24-16-19/h17,23H,4-16H2,1-3H3,(H2,20,21,22). The molecule has 5 heteroatoms. The summed E-state index contributed by atoms with van der Waals surface area (Å²) in [6.07, 6.45) is 8.24. The van der Waals surface area contributed by atoms with Crippen LogP contribution in [0.3, 0.4) is 0 Å². The quantitative estimate of drug-likeness (QED) is 0.290. The summed E-state index contributed by atoms with van der Waals surface area (Å²) in [4.78, 5) is 4.75. The van der Waals surface area contributed by atoms with E-state index in [4.69, 9.17) is 9.73 Å². The van der Waals surface area contributed by atoms with E-state index in [2.05, 4.69) is 31.4 Å². The highest BCUT2D eigenvalue weighted by molar-refractivity contribution is 5.79. The second-order valence-electron chi connectivity index (χ2n) is 7.49. The Morgan fingerprint density at radius 1 is 1.21 bits per heavy atom. The molecule has 1 aliphatic rings. The molecule has 0 amide bonds. The van der Waals surface area contributed by atoms with Crippen LogP contribution in [-0.4, -0.2) is 50.5 Å². The first-order chi connectivity index (χ1) is 11.6. The number of rotatable bonds is 12. The Balaban J connectivity index is 2.29. The largest absolute Gasteiger partial charge is 0.396 e. The van der Waals surface area contributed by atoms with Crippen LogP contribution in [0.2, 0.25) is 0 Å². The first-order valence-electron chi connectivity index (χ1n) is 9.82. The average Bonchev–Trinajstić information content (AvgIpc) is 3.00. The predicted molar refractivity (Wildman–Crippen MR) is 101 cm³/mol. The molecule has 1 fully saturated rings. The van der Waals surface area contributed by atoms with E-state index in [1.165, 1.54) is 32.1 Å². The minimum absolute atomic E-state index is 0.0218. The SMILES string of the molecule is CCNC(=NCC1(CCO)CCOC1)NCCCCCCC(C)C. The van der Waals surface area contributed by atoms with Gasteiger partial charge in [0.05, 0.1) is 13.2 Å². The molecule has 1 unspecified atom stereocenters. The summed E-state index contributed by atoms with van der Waals surface area (Å²) in [5.41, 5.74) is 0.0218. The lowest BCUT2D eigenvalue weighted by Gasteiger charge is -2.24. The number of hydrogen-bond donors (Lipinski definition) is 3. The molecule has 1 atom stereocenters. The van der Waals surface area contributed by atoms with Gasteiger partial charge in [-0.25, -0.2) is 0 Å². The van der Waals surface area contributed by atoms with E-state index in [-0.39, 0.29) is 12.0 Å². The molecule has 142 valence electrons. The average molecular weight is 342 g/mol. The number of aliphatic hydroxyl groups excluding tert-OH is 1. The molecule has 0 aromatic rings. The monoisotopic (exact) mass is 341 g/mol. The maximum Gasteiger partial charge on any atom is 0.191 e. The Kier molecular flexibility index (Phi) is 11.1. The van der Waals surface area contributed by atoms with Crippen LogP contribution < -0.4 is 10.6 Å². The maximum atomic E-state index is 9.30.